The van der Waals surface area contributed by atoms with Crippen LogP contribution in [0.15, 0.2) is 11.1 Å². The van der Waals surface area contributed by atoms with E-state index in [0.29, 0.717) is 0 Å². The van der Waals surface area contributed by atoms with E-state index in [2.05, 4.69) is 20.3 Å². The predicted molar refractivity (Wildman–Crippen MR) is 60.1 cm³/mol. The summed E-state index contributed by atoms with van der Waals surface area (Å²) in [6, 6.07) is 0. The number of carboxylic acids is 1. The Morgan fingerprint density at radius 2 is 2.28 bits per heavy atom. The van der Waals surface area contributed by atoms with Crippen LogP contribution >= 0.6 is 0 Å². The van der Waals surface area contributed by atoms with Gasteiger partial charge in [-0.1, -0.05) is 0 Å². The smallest absolute Gasteiger partial charge is 0.323 e. The molecular formula is C9H9N5O4. The Bertz CT molecular complexity index is 686. The molecule has 0 aliphatic carbocycles. The first-order valence-electron chi connectivity index (χ1n) is 4.92. The summed E-state index contributed by atoms with van der Waals surface area (Å²) in [4.78, 5) is 43.2. The molecule has 0 radical (unpaired) electrons. The molecule has 1 amide bonds. The van der Waals surface area contributed by atoms with Crippen molar-refractivity contribution in [2.45, 2.75) is 13.5 Å². The van der Waals surface area contributed by atoms with Gasteiger partial charge in [0.25, 0.3) is 5.56 Å². The molecule has 0 saturated heterocycles. The first-order valence-corrected chi connectivity index (χ1v) is 4.92. The van der Waals surface area contributed by atoms with Gasteiger partial charge in [-0.3, -0.25) is 24.7 Å². The monoisotopic (exact) mass is 251 g/mol. The predicted octanol–water partition coefficient (Wildman–Crippen LogP) is -0.837. The zero-order valence-electron chi connectivity index (χ0n) is 9.30. The molecule has 9 heteroatoms. The Morgan fingerprint density at radius 1 is 1.56 bits per heavy atom. The third-order valence-corrected chi connectivity index (χ3v) is 2.08. The van der Waals surface area contributed by atoms with Crippen molar-refractivity contribution in [1.82, 2.24) is 19.5 Å². The molecule has 0 aliphatic rings. The highest BCUT2D eigenvalue weighted by Crippen LogP contribution is 2.07. The van der Waals surface area contributed by atoms with E-state index in [0.717, 1.165) is 0 Å². The normalized spacial score (nSPS) is 10.5. The van der Waals surface area contributed by atoms with Crippen LogP contribution in [0.2, 0.25) is 0 Å². The molecule has 2 aromatic heterocycles. The van der Waals surface area contributed by atoms with E-state index in [4.69, 9.17) is 5.11 Å². The van der Waals surface area contributed by atoms with Gasteiger partial charge in [0.2, 0.25) is 11.9 Å². The average Bonchev–Trinajstić information content (AvgIpc) is 2.59. The van der Waals surface area contributed by atoms with Crippen molar-refractivity contribution < 1.29 is 14.7 Å². The number of nitrogens with one attached hydrogen (secondary N) is 2. The number of nitrogens with zero attached hydrogens (tertiary/aromatic N) is 3. The maximum atomic E-state index is 11.7. The van der Waals surface area contributed by atoms with Crippen molar-refractivity contribution in [3.05, 3.63) is 16.7 Å². The summed E-state index contributed by atoms with van der Waals surface area (Å²) < 4.78 is 1.17. The lowest BCUT2D eigenvalue weighted by molar-refractivity contribution is -0.137. The van der Waals surface area contributed by atoms with E-state index < -0.39 is 11.5 Å². The van der Waals surface area contributed by atoms with Gasteiger partial charge in [-0.2, -0.15) is 4.98 Å². The first kappa shape index (κ1) is 11.8. The van der Waals surface area contributed by atoms with Crippen LogP contribution < -0.4 is 10.9 Å². The van der Waals surface area contributed by atoms with Crippen molar-refractivity contribution in [3.63, 3.8) is 0 Å². The number of carboxylic acid groups (broad SMARTS) is 1. The topological polar surface area (TPSA) is 130 Å². The largest absolute Gasteiger partial charge is 0.480 e. The fraction of sp³-hybridized carbons (Fsp3) is 0.222. The van der Waals surface area contributed by atoms with Crippen LogP contribution in [0.3, 0.4) is 0 Å². The van der Waals surface area contributed by atoms with Crippen LogP contribution in [0.25, 0.3) is 11.2 Å². The van der Waals surface area contributed by atoms with Crippen LogP contribution in [0.4, 0.5) is 5.95 Å². The fourth-order valence-electron chi connectivity index (χ4n) is 1.48. The van der Waals surface area contributed by atoms with Crippen LogP contribution in [-0.4, -0.2) is 36.5 Å². The lowest BCUT2D eigenvalue weighted by Crippen LogP contribution is -2.19. The van der Waals surface area contributed by atoms with Crippen molar-refractivity contribution in [1.29, 1.82) is 0 Å². The van der Waals surface area contributed by atoms with E-state index in [-0.39, 0.29) is 29.6 Å². The molecule has 0 aromatic carbocycles. The lowest BCUT2D eigenvalue weighted by atomic mass is 10.5. The number of aliphatic carboxylic acids is 1. The Balaban J connectivity index is 2.53. The maximum absolute atomic E-state index is 11.7. The third kappa shape index (κ3) is 2.19. The molecule has 18 heavy (non-hydrogen) atoms. The summed E-state index contributed by atoms with van der Waals surface area (Å²) >= 11 is 0. The second-order valence-electron chi connectivity index (χ2n) is 3.53. The van der Waals surface area contributed by atoms with Gasteiger partial charge in [-0.05, 0) is 0 Å². The molecular weight excluding hydrogens is 242 g/mol. The van der Waals surface area contributed by atoms with Gasteiger partial charge in [-0.15, -0.1) is 0 Å². The van der Waals surface area contributed by atoms with Gasteiger partial charge < -0.3 is 9.67 Å². The number of aromatic nitrogens is 4. The second kappa shape index (κ2) is 4.28. The van der Waals surface area contributed by atoms with Crippen molar-refractivity contribution in [2.24, 2.45) is 0 Å². The van der Waals surface area contributed by atoms with E-state index in [9.17, 15) is 14.4 Å². The van der Waals surface area contributed by atoms with E-state index in [1.807, 2.05) is 0 Å². The molecule has 94 valence electrons. The SMILES string of the molecule is CC(=O)Nc1nc2ncn(CC(=O)O)c2c(=O)[nH]1. The van der Waals surface area contributed by atoms with Gasteiger partial charge in [0.05, 0.1) is 6.33 Å². The lowest BCUT2D eigenvalue weighted by Gasteiger charge is -2.01. The average molecular weight is 251 g/mol. The number of rotatable bonds is 3. The second-order valence-corrected chi connectivity index (χ2v) is 3.53. The number of imidazole rings is 1. The van der Waals surface area contributed by atoms with Gasteiger partial charge in [0.1, 0.15) is 6.54 Å². The molecule has 0 bridgehead atoms. The van der Waals surface area contributed by atoms with Crippen molar-refractivity contribution in [2.75, 3.05) is 5.32 Å². The van der Waals surface area contributed by atoms with E-state index in [1.54, 1.807) is 0 Å². The Hall–Kier alpha value is -2.71. The summed E-state index contributed by atoms with van der Waals surface area (Å²) in [7, 11) is 0. The summed E-state index contributed by atoms with van der Waals surface area (Å²) in [6.07, 6.45) is 1.21. The van der Waals surface area contributed by atoms with Crippen LogP contribution in [0.5, 0.6) is 0 Å². The van der Waals surface area contributed by atoms with Crippen LogP contribution in [0, 0.1) is 0 Å². The molecule has 0 atom stereocenters. The summed E-state index contributed by atoms with van der Waals surface area (Å²) in [6.45, 7) is 0.883. The fourth-order valence-corrected chi connectivity index (χ4v) is 1.48. The Kier molecular flexibility index (Phi) is 2.80. The molecule has 2 aromatic rings. The number of hydrogen-bond donors (Lipinski definition) is 3. The number of fused-ring (bicyclic) bond motifs is 1. The number of anilines is 1. The van der Waals surface area contributed by atoms with Gasteiger partial charge in [0, 0.05) is 6.92 Å². The Morgan fingerprint density at radius 3 is 2.89 bits per heavy atom. The summed E-state index contributed by atoms with van der Waals surface area (Å²) in [5, 5.41) is 11.0. The minimum absolute atomic E-state index is 0.0272. The number of aromatic amines is 1. The highest BCUT2D eigenvalue weighted by Gasteiger charge is 2.12. The number of carbonyl (C=O) groups is 2. The molecule has 2 rings (SSSR count). The molecule has 0 saturated carbocycles. The Labute approximate surface area is 99.5 Å². The molecule has 0 unspecified atom stereocenters. The minimum atomic E-state index is -1.10. The number of H-pyrrole nitrogens is 1. The van der Waals surface area contributed by atoms with Gasteiger partial charge >= 0.3 is 5.97 Å². The number of hydrogen-bond acceptors (Lipinski definition) is 5. The standard InChI is InChI=1S/C9H9N5O4/c1-4(15)11-9-12-7-6(8(18)13-9)14(3-10-7)2-5(16)17/h3H,2H2,1H3,(H,16,17)(H2,11,12,13,15,18). The molecule has 0 spiro atoms. The quantitative estimate of drug-likeness (QED) is 0.652. The van der Waals surface area contributed by atoms with Crippen molar-refractivity contribution in [3.8, 4) is 0 Å². The van der Waals surface area contributed by atoms with Gasteiger partial charge in [0.15, 0.2) is 11.2 Å². The highest BCUT2D eigenvalue weighted by atomic mass is 16.4. The zero-order chi connectivity index (χ0) is 13.3. The summed E-state index contributed by atoms with van der Waals surface area (Å²) in [5.74, 6) is -1.51. The molecule has 0 aliphatic heterocycles. The van der Waals surface area contributed by atoms with E-state index in [1.165, 1.54) is 17.8 Å². The number of amides is 1. The van der Waals surface area contributed by atoms with E-state index >= 15 is 0 Å². The zero-order valence-corrected chi connectivity index (χ0v) is 9.30. The minimum Gasteiger partial charge on any atom is -0.480 e. The van der Waals surface area contributed by atoms with Gasteiger partial charge in [-0.25, -0.2) is 4.98 Å². The molecule has 2 heterocycles. The highest BCUT2D eigenvalue weighted by molar-refractivity contribution is 5.87. The molecule has 9 nitrogen and oxygen atoms in total. The van der Waals surface area contributed by atoms with Crippen LogP contribution in [0.1, 0.15) is 6.92 Å². The van der Waals surface area contributed by atoms with Crippen molar-refractivity contribution >= 4 is 29.0 Å². The third-order valence-electron chi connectivity index (χ3n) is 2.08. The molecule has 0 fully saturated rings. The summed E-state index contributed by atoms with van der Waals surface area (Å²) in [5.41, 5.74) is -0.447. The maximum Gasteiger partial charge on any atom is 0.323 e. The molecule has 3 N–H and O–H groups in total. The van der Waals surface area contributed by atoms with Crippen LogP contribution in [-0.2, 0) is 16.1 Å². The number of carbonyl (C=O) groups excluding carboxylic acids is 1. The first-order chi connectivity index (χ1) is 8.47.